The normalized spacial score (nSPS) is 35.6. The van der Waals surface area contributed by atoms with Crippen molar-refractivity contribution in [3.05, 3.63) is 0 Å². The van der Waals surface area contributed by atoms with Crippen LogP contribution in [0.5, 0.6) is 0 Å². The highest BCUT2D eigenvalue weighted by Gasteiger charge is 2.29. The highest BCUT2D eigenvalue weighted by molar-refractivity contribution is 4.85. The summed E-state index contributed by atoms with van der Waals surface area (Å²) in [4.78, 5) is 0. The van der Waals surface area contributed by atoms with Crippen LogP contribution >= 0.6 is 0 Å². The molecule has 1 nitrogen and oxygen atoms in total. The summed E-state index contributed by atoms with van der Waals surface area (Å²) in [5, 5.41) is 3.82. The predicted octanol–water partition coefficient (Wildman–Crippen LogP) is 3.74. The molecule has 0 aromatic carbocycles. The Bertz CT molecular complexity index is 186. The number of hydrogen-bond acceptors (Lipinski definition) is 1. The SMILES string of the molecule is CC1CCC(NCC2(C)CCCC2)CC1. The van der Waals surface area contributed by atoms with Crippen molar-refractivity contribution < 1.29 is 0 Å². The van der Waals surface area contributed by atoms with Gasteiger partial charge in [-0.3, -0.25) is 0 Å². The Kier molecular flexibility index (Phi) is 3.71. The van der Waals surface area contributed by atoms with Crippen LogP contribution in [0.2, 0.25) is 0 Å². The van der Waals surface area contributed by atoms with Crippen molar-refractivity contribution in [2.45, 2.75) is 71.3 Å². The highest BCUT2D eigenvalue weighted by atomic mass is 14.9. The Hall–Kier alpha value is -0.0400. The van der Waals surface area contributed by atoms with E-state index in [1.165, 1.54) is 57.9 Å². The third kappa shape index (κ3) is 3.21. The van der Waals surface area contributed by atoms with E-state index in [1.807, 2.05) is 0 Å². The van der Waals surface area contributed by atoms with Gasteiger partial charge in [-0.25, -0.2) is 0 Å². The summed E-state index contributed by atoms with van der Waals surface area (Å²) in [7, 11) is 0. The first-order valence-electron chi connectivity index (χ1n) is 6.91. The second-order valence-corrected chi connectivity index (χ2v) is 6.36. The van der Waals surface area contributed by atoms with Crippen molar-refractivity contribution >= 4 is 0 Å². The van der Waals surface area contributed by atoms with E-state index in [0.29, 0.717) is 5.41 Å². The summed E-state index contributed by atoms with van der Waals surface area (Å²) in [5.74, 6) is 0.977. The van der Waals surface area contributed by atoms with Crippen molar-refractivity contribution in [1.29, 1.82) is 0 Å². The fraction of sp³-hybridized carbons (Fsp3) is 1.00. The maximum atomic E-state index is 3.82. The minimum Gasteiger partial charge on any atom is -0.313 e. The van der Waals surface area contributed by atoms with E-state index >= 15 is 0 Å². The van der Waals surface area contributed by atoms with Crippen molar-refractivity contribution in [3.63, 3.8) is 0 Å². The molecule has 0 unspecified atom stereocenters. The van der Waals surface area contributed by atoms with Gasteiger partial charge in [0, 0.05) is 12.6 Å². The Morgan fingerprint density at radius 3 is 2.27 bits per heavy atom. The largest absolute Gasteiger partial charge is 0.313 e. The van der Waals surface area contributed by atoms with E-state index in [0.717, 1.165) is 12.0 Å². The molecule has 0 saturated heterocycles. The third-order valence-electron chi connectivity index (χ3n) is 4.64. The first-order valence-corrected chi connectivity index (χ1v) is 6.91. The molecule has 0 aromatic rings. The Labute approximate surface area is 95.0 Å². The molecule has 2 fully saturated rings. The lowest BCUT2D eigenvalue weighted by Crippen LogP contribution is -2.39. The van der Waals surface area contributed by atoms with Crippen molar-refractivity contribution in [1.82, 2.24) is 5.32 Å². The first kappa shape index (κ1) is 11.4. The summed E-state index contributed by atoms with van der Waals surface area (Å²) < 4.78 is 0. The van der Waals surface area contributed by atoms with E-state index in [1.54, 1.807) is 0 Å². The maximum Gasteiger partial charge on any atom is 0.00674 e. The Balaban J connectivity index is 1.69. The van der Waals surface area contributed by atoms with Crippen LogP contribution in [-0.2, 0) is 0 Å². The lowest BCUT2D eigenvalue weighted by atomic mass is 9.85. The molecule has 0 radical (unpaired) electrons. The molecule has 0 atom stereocenters. The number of hydrogen-bond donors (Lipinski definition) is 1. The van der Waals surface area contributed by atoms with Crippen LogP contribution in [0.3, 0.4) is 0 Å². The van der Waals surface area contributed by atoms with Gasteiger partial charge >= 0.3 is 0 Å². The topological polar surface area (TPSA) is 12.0 Å². The summed E-state index contributed by atoms with van der Waals surface area (Å²) >= 11 is 0. The highest BCUT2D eigenvalue weighted by Crippen LogP contribution is 2.37. The average molecular weight is 209 g/mol. The molecular weight excluding hydrogens is 182 g/mol. The van der Waals surface area contributed by atoms with Crippen LogP contribution in [0.1, 0.15) is 65.2 Å². The summed E-state index contributed by atoms with van der Waals surface area (Å²) in [6, 6.07) is 0.832. The smallest absolute Gasteiger partial charge is 0.00674 e. The van der Waals surface area contributed by atoms with Gasteiger partial charge in [-0.2, -0.15) is 0 Å². The van der Waals surface area contributed by atoms with E-state index < -0.39 is 0 Å². The summed E-state index contributed by atoms with van der Waals surface area (Å²) in [6.45, 7) is 6.14. The second kappa shape index (κ2) is 4.86. The van der Waals surface area contributed by atoms with Gasteiger partial charge in [0.25, 0.3) is 0 Å². The van der Waals surface area contributed by atoms with Crippen molar-refractivity contribution in [3.8, 4) is 0 Å². The van der Waals surface area contributed by atoms with Gasteiger partial charge in [0.2, 0.25) is 0 Å². The third-order valence-corrected chi connectivity index (χ3v) is 4.64. The molecule has 0 amide bonds. The van der Waals surface area contributed by atoms with Crippen LogP contribution in [0.25, 0.3) is 0 Å². The lowest BCUT2D eigenvalue weighted by molar-refractivity contribution is 0.252. The standard InChI is InChI=1S/C14H27N/c1-12-5-7-13(8-6-12)15-11-14(2)9-3-4-10-14/h12-13,15H,3-11H2,1-2H3. The molecule has 1 N–H and O–H groups in total. The number of rotatable bonds is 3. The van der Waals surface area contributed by atoms with E-state index in [-0.39, 0.29) is 0 Å². The monoisotopic (exact) mass is 209 g/mol. The molecule has 2 rings (SSSR count). The van der Waals surface area contributed by atoms with Crippen LogP contribution in [0.15, 0.2) is 0 Å². The Morgan fingerprint density at radius 2 is 1.67 bits per heavy atom. The number of nitrogens with one attached hydrogen (secondary N) is 1. The molecular formula is C14H27N. The van der Waals surface area contributed by atoms with Crippen LogP contribution < -0.4 is 5.32 Å². The molecule has 0 spiro atoms. The van der Waals surface area contributed by atoms with Crippen LogP contribution in [-0.4, -0.2) is 12.6 Å². The van der Waals surface area contributed by atoms with Gasteiger partial charge in [0.05, 0.1) is 0 Å². The van der Waals surface area contributed by atoms with Crippen molar-refractivity contribution in [2.75, 3.05) is 6.54 Å². The first-order chi connectivity index (χ1) is 7.18. The minimum atomic E-state index is 0.628. The van der Waals surface area contributed by atoms with E-state index in [2.05, 4.69) is 19.2 Å². The molecule has 2 aliphatic rings. The summed E-state index contributed by atoms with van der Waals surface area (Å²) in [5.41, 5.74) is 0.628. The molecule has 88 valence electrons. The zero-order valence-electron chi connectivity index (χ0n) is 10.5. The van der Waals surface area contributed by atoms with Gasteiger partial charge in [0.1, 0.15) is 0 Å². The molecule has 2 saturated carbocycles. The maximum absolute atomic E-state index is 3.82. The van der Waals surface area contributed by atoms with Crippen molar-refractivity contribution in [2.24, 2.45) is 11.3 Å². The zero-order valence-corrected chi connectivity index (χ0v) is 10.5. The fourth-order valence-corrected chi connectivity index (χ4v) is 3.26. The lowest BCUT2D eigenvalue weighted by Gasteiger charge is -2.31. The molecule has 0 bridgehead atoms. The van der Waals surface area contributed by atoms with Gasteiger partial charge < -0.3 is 5.32 Å². The van der Waals surface area contributed by atoms with Gasteiger partial charge in [-0.1, -0.05) is 26.7 Å². The molecule has 1 heteroatoms. The quantitative estimate of drug-likeness (QED) is 0.746. The molecule has 0 aliphatic heterocycles. The average Bonchev–Trinajstić information content (AvgIpc) is 2.65. The van der Waals surface area contributed by atoms with Gasteiger partial charge in [-0.05, 0) is 49.9 Å². The zero-order chi connectivity index (χ0) is 10.7. The molecule has 15 heavy (non-hydrogen) atoms. The minimum absolute atomic E-state index is 0.628. The van der Waals surface area contributed by atoms with Gasteiger partial charge in [-0.15, -0.1) is 0 Å². The summed E-state index contributed by atoms with van der Waals surface area (Å²) in [6.07, 6.45) is 11.5. The van der Waals surface area contributed by atoms with E-state index in [4.69, 9.17) is 0 Å². The second-order valence-electron chi connectivity index (χ2n) is 6.36. The fourth-order valence-electron chi connectivity index (χ4n) is 3.26. The predicted molar refractivity (Wildman–Crippen MR) is 66.0 cm³/mol. The molecule has 2 aliphatic carbocycles. The Morgan fingerprint density at radius 1 is 1.07 bits per heavy atom. The molecule has 0 heterocycles. The van der Waals surface area contributed by atoms with Crippen LogP contribution in [0.4, 0.5) is 0 Å². The van der Waals surface area contributed by atoms with E-state index in [9.17, 15) is 0 Å². The molecule has 0 aromatic heterocycles. The van der Waals surface area contributed by atoms with Gasteiger partial charge in [0.15, 0.2) is 0 Å². The van der Waals surface area contributed by atoms with Crippen LogP contribution in [0, 0.1) is 11.3 Å².